The molecular weight excluding hydrogens is 134 g/mol. The van der Waals surface area contributed by atoms with Gasteiger partial charge in [0.15, 0.2) is 0 Å². The van der Waals surface area contributed by atoms with E-state index in [1.165, 1.54) is 0 Å². The van der Waals surface area contributed by atoms with Gasteiger partial charge in [0.1, 0.15) is 0 Å². The summed E-state index contributed by atoms with van der Waals surface area (Å²) in [6, 6.07) is 8.31. The Balaban J connectivity index is 2.92. The van der Waals surface area contributed by atoms with Crippen LogP contribution in [0.15, 0.2) is 30.3 Å². The third kappa shape index (κ3) is 1.97. The van der Waals surface area contributed by atoms with Gasteiger partial charge in [-0.25, -0.2) is 0 Å². The van der Waals surface area contributed by atoms with Gasteiger partial charge >= 0.3 is 0 Å². The molecule has 0 spiro atoms. The van der Waals surface area contributed by atoms with Crippen LogP contribution in [0.3, 0.4) is 0 Å². The van der Waals surface area contributed by atoms with Gasteiger partial charge in [0.05, 0.1) is 1.37 Å². The lowest BCUT2D eigenvalue weighted by molar-refractivity contribution is 0.866. The molecule has 0 unspecified atom stereocenters. The van der Waals surface area contributed by atoms with Gasteiger partial charge in [-0.3, -0.25) is 0 Å². The number of anilines is 1. The van der Waals surface area contributed by atoms with E-state index in [4.69, 9.17) is 1.37 Å². The molecule has 0 saturated heterocycles. The van der Waals surface area contributed by atoms with Crippen LogP contribution >= 0.6 is 0 Å². The average molecular weight is 150 g/mol. The van der Waals surface area contributed by atoms with E-state index in [2.05, 4.69) is 18.7 Å². The summed E-state index contributed by atoms with van der Waals surface area (Å²) in [5, 5.41) is 0. The molecule has 0 bridgehead atoms. The van der Waals surface area contributed by atoms with Gasteiger partial charge in [0, 0.05) is 18.8 Å². The lowest BCUT2D eigenvalue weighted by Gasteiger charge is -2.20. The highest BCUT2D eigenvalue weighted by Gasteiger charge is 1.97. The van der Waals surface area contributed by atoms with Gasteiger partial charge in [-0.2, -0.15) is 0 Å². The number of hydrogen-bond donors (Lipinski definition) is 0. The molecule has 0 aliphatic carbocycles. The van der Waals surface area contributed by atoms with E-state index in [1.54, 1.807) is 0 Å². The van der Waals surface area contributed by atoms with Crippen LogP contribution < -0.4 is 4.90 Å². The molecule has 0 aromatic heterocycles. The Morgan fingerprint density at radius 2 is 2.00 bits per heavy atom. The lowest BCUT2D eigenvalue weighted by atomic mass is 10.3. The summed E-state index contributed by atoms with van der Waals surface area (Å²) in [5.41, 5.74) is 1.03. The Kier molecular flexibility index (Phi) is 2.45. The minimum atomic E-state index is 0.612. The maximum absolute atomic E-state index is 7.67. The lowest BCUT2D eigenvalue weighted by Crippen LogP contribution is -2.21. The number of para-hydroxylation sites is 1. The zero-order valence-electron chi connectivity index (χ0n) is 8.17. The molecule has 0 atom stereocenters. The quantitative estimate of drug-likeness (QED) is 0.640. The van der Waals surface area contributed by atoms with Crippen molar-refractivity contribution in [2.24, 2.45) is 0 Å². The van der Waals surface area contributed by atoms with Gasteiger partial charge in [0.2, 0.25) is 0 Å². The Bertz CT molecular complexity index is 243. The summed E-state index contributed by atoms with van der Waals surface area (Å²) in [5.74, 6) is 0. The molecule has 60 valence electrons. The summed E-state index contributed by atoms with van der Waals surface area (Å²) in [4.78, 5) is 2.18. The molecule has 1 rings (SSSR count). The van der Waals surface area contributed by atoms with Crippen molar-refractivity contribution >= 4 is 5.69 Å². The Hall–Kier alpha value is -0.980. The van der Waals surface area contributed by atoms with E-state index >= 15 is 0 Å². The molecule has 0 radical (unpaired) electrons. The van der Waals surface area contributed by atoms with Gasteiger partial charge in [-0.15, -0.1) is 0 Å². The minimum absolute atomic E-state index is 0.612. The maximum atomic E-state index is 7.67. The smallest absolute Gasteiger partial charge is 0.0645 e. The first kappa shape index (κ1) is 6.71. The summed E-state index contributed by atoms with van der Waals surface area (Å²) in [6.07, 6.45) is 0. The van der Waals surface area contributed by atoms with Crippen molar-refractivity contribution in [1.29, 1.82) is 0 Å². The first-order chi connectivity index (χ1) is 5.79. The molecule has 1 heteroatoms. The van der Waals surface area contributed by atoms with Gasteiger partial charge in [-0.05, 0) is 26.0 Å². The summed E-state index contributed by atoms with van der Waals surface area (Å²) in [7, 11) is 0. The van der Waals surface area contributed by atoms with Gasteiger partial charge in [0.25, 0.3) is 0 Å². The molecule has 0 N–H and O–H groups in total. The van der Waals surface area contributed by atoms with Crippen LogP contribution in [0.1, 0.15) is 15.2 Å². The van der Waals surface area contributed by atoms with Crippen LogP contribution in [-0.4, -0.2) is 13.1 Å². The third-order valence-electron chi connectivity index (χ3n) is 1.80. The molecule has 0 saturated carbocycles. The molecule has 0 fully saturated rings. The Morgan fingerprint density at radius 3 is 2.55 bits per heavy atom. The topological polar surface area (TPSA) is 3.24 Å². The van der Waals surface area contributed by atoms with E-state index < -0.39 is 0 Å². The maximum Gasteiger partial charge on any atom is 0.0645 e. The van der Waals surface area contributed by atoms with Crippen molar-refractivity contribution in [3.8, 4) is 0 Å². The first-order valence-electron chi connectivity index (χ1n) is 4.60. The van der Waals surface area contributed by atoms with Crippen molar-refractivity contribution in [1.82, 2.24) is 0 Å². The standard InChI is InChI=1S/C10H15N/c1-3-11(4-2)10-8-6-5-7-9-10/h5-9H,3-4H2,1-2H3/i8D. The van der Waals surface area contributed by atoms with E-state index in [0.29, 0.717) is 6.04 Å². The zero-order chi connectivity index (χ0) is 8.97. The van der Waals surface area contributed by atoms with E-state index in [9.17, 15) is 0 Å². The molecule has 1 nitrogen and oxygen atoms in total. The van der Waals surface area contributed by atoms with Crippen molar-refractivity contribution in [2.45, 2.75) is 13.8 Å². The molecular formula is C10H15N. The van der Waals surface area contributed by atoms with Crippen LogP contribution in [0.2, 0.25) is 0 Å². The van der Waals surface area contributed by atoms with Crippen molar-refractivity contribution in [3.05, 3.63) is 30.3 Å². The highest BCUT2D eigenvalue weighted by atomic mass is 15.1. The second-order valence-corrected chi connectivity index (χ2v) is 2.42. The third-order valence-corrected chi connectivity index (χ3v) is 1.80. The van der Waals surface area contributed by atoms with Crippen LogP contribution in [0.25, 0.3) is 0 Å². The van der Waals surface area contributed by atoms with Crippen LogP contribution in [-0.2, 0) is 0 Å². The fourth-order valence-electron chi connectivity index (χ4n) is 1.14. The summed E-state index contributed by atoms with van der Waals surface area (Å²) in [6.45, 7) is 6.14. The predicted molar refractivity (Wildman–Crippen MR) is 50.0 cm³/mol. The molecule has 0 heterocycles. The summed E-state index contributed by atoms with van der Waals surface area (Å²) >= 11 is 0. The predicted octanol–water partition coefficient (Wildman–Crippen LogP) is 2.53. The summed E-state index contributed by atoms with van der Waals surface area (Å²) < 4.78 is 7.67. The number of nitrogens with zero attached hydrogens (tertiary/aromatic N) is 1. The Labute approximate surface area is 70.1 Å². The Morgan fingerprint density at radius 1 is 1.27 bits per heavy atom. The zero-order valence-corrected chi connectivity index (χ0v) is 7.17. The normalized spacial score (nSPS) is 10.9. The van der Waals surface area contributed by atoms with Crippen LogP contribution in [0.5, 0.6) is 0 Å². The molecule has 1 aromatic rings. The molecule has 1 aromatic carbocycles. The van der Waals surface area contributed by atoms with Gasteiger partial charge in [-0.1, -0.05) is 18.2 Å². The molecule has 0 aliphatic rings. The highest BCUT2D eigenvalue weighted by molar-refractivity contribution is 5.45. The second kappa shape index (κ2) is 4.02. The van der Waals surface area contributed by atoms with E-state index in [-0.39, 0.29) is 0 Å². The molecule has 11 heavy (non-hydrogen) atoms. The number of hydrogen-bond acceptors (Lipinski definition) is 1. The highest BCUT2D eigenvalue weighted by Crippen LogP contribution is 2.11. The van der Waals surface area contributed by atoms with Crippen LogP contribution in [0.4, 0.5) is 5.69 Å². The fourth-order valence-corrected chi connectivity index (χ4v) is 1.14. The van der Waals surface area contributed by atoms with E-state index in [1.807, 2.05) is 24.3 Å². The van der Waals surface area contributed by atoms with Crippen molar-refractivity contribution in [2.75, 3.05) is 18.0 Å². The molecule has 0 amide bonds. The second-order valence-electron chi connectivity index (χ2n) is 2.42. The van der Waals surface area contributed by atoms with Crippen LogP contribution in [0, 0.1) is 0 Å². The molecule has 0 aliphatic heterocycles. The first-order valence-corrected chi connectivity index (χ1v) is 4.10. The average Bonchev–Trinajstić information content (AvgIpc) is 2.10. The van der Waals surface area contributed by atoms with E-state index in [0.717, 1.165) is 18.8 Å². The fraction of sp³-hybridized carbons (Fsp3) is 0.400. The minimum Gasteiger partial charge on any atom is -0.372 e. The van der Waals surface area contributed by atoms with Crippen molar-refractivity contribution < 1.29 is 1.37 Å². The van der Waals surface area contributed by atoms with Gasteiger partial charge < -0.3 is 4.90 Å². The SMILES string of the molecule is [2H]c1ccccc1N(CC)CC. The van der Waals surface area contributed by atoms with Crippen molar-refractivity contribution in [3.63, 3.8) is 0 Å². The largest absolute Gasteiger partial charge is 0.372 e. The number of rotatable bonds is 3. The monoisotopic (exact) mass is 150 g/mol. The number of benzene rings is 1.